The number of esters is 1. The van der Waals surface area contributed by atoms with Crippen LogP contribution in [-0.2, 0) is 9.47 Å². The molecule has 0 bridgehead atoms. The molecule has 0 aromatic carbocycles. The zero-order valence-electron chi connectivity index (χ0n) is 10.2. The van der Waals surface area contributed by atoms with Gasteiger partial charge in [-0.3, -0.25) is 0 Å². The lowest BCUT2D eigenvalue weighted by Crippen LogP contribution is -2.25. The van der Waals surface area contributed by atoms with Crippen molar-refractivity contribution >= 4 is 5.97 Å². The van der Waals surface area contributed by atoms with E-state index in [-0.39, 0.29) is 17.9 Å². The molecule has 0 aliphatic carbocycles. The van der Waals surface area contributed by atoms with E-state index in [0.29, 0.717) is 6.42 Å². The molecule has 0 spiro atoms. The van der Waals surface area contributed by atoms with Crippen LogP contribution in [0.2, 0.25) is 0 Å². The summed E-state index contributed by atoms with van der Waals surface area (Å²) in [7, 11) is 1.59. The quantitative estimate of drug-likeness (QED) is 0.585. The Balaban J connectivity index is 2.46. The van der Waals surface area contributed by atoms with Gasteiger partial charge in [0, 0.05) is 13.5 Å². The summed E-state index contributed by atoms with van der Waals surface area (Å²) < 4.78 is 22.9. The van der Waals surface area contributed by atoms with Crippen LogP contribution in [0.5, 0.6) is 0 Å². The Labute approximate surface area is 99.8 Å². The lowest BCUT2D eigenvalue weighted by molar-refractivity contribution is -0.00584. The molecule has 1 aromatic heterocycles. The average molecular weight is 241 g/mol. The standard InChI is InChI=1S/C12H16FNO3/c1-12(2,16-3)7-8-17-11(15)9-5-4-6-10(13)14-9/h4-6H,7-8H2,1-3H3. The van der Waals surface area contributed by atoms with Crippen LogP contribution in [-0.4, -0.2) is 30.3 Å². The Morgan fingerprint density at radius 2 is 2.18 bits per heavy atom. The number of ether oxygens (including phenoxy) is 2. The molecule has 1 rings (SSSR count). The molecule has 0 saturated heterocycles. The fraction of sp³-hybridized carbons (Fsp3) is 0.500. The molecule has 0 fully saturated rings. The van der Waals surface area contributed by atoms with Crippen molar-refractivity contribution in [2.24, 2.45) is 0 Å². The predicted octanol–water partition coefficient (Wildman–Crippen LogP) is 2.19. The first-order valence-corrected chi connectivity index (χ1v) is 5.29. The zero-order chi connectivity index (χ0) is 12.9. The van der Waals surface area contributed by atoms with Crippen LogP contribution < -0.4 is 0 Å². The third kappa shape index (κ3) is 4.48. The van der Waals surface area contributed by atoms with Gasteiger partial charge in [0.25, 0.3) is 0 Å². The third-order valence-electron chi connectivity index (χ3n) is 2.41. The summed E-state index contributed by atoms with van der Waals surface area (Å²) >= 11 is 0. The van der Waals surface area contributed by atoms with Gasteiger partial charge in [0.15, 0.2) is 5.69 Å². The smallest absolute Gasteiger partial charge is 0.357 e. The number of hydrogen-bond acceptors (Lipinski definition) is 4. The molecule has 1 aromatic rings. The van der Waals surface area contributed by atoms with Crippen LogP contribution in [0.25, 0.3) is 0 Å². The molecule has 0 unspecified atom stereocenters. The highest BCUT2D eigenvalue weighted by molar-refractivity contribution is 5.87. The van der Waals surface area contributed by atoms with Gasteiger partial charge in [-0.1, -0.05) is 6.07 Å². The molecule has 17 heavy (non-hydrogen) atoms. The van der Waals surface area contributed by atoms with Gasteiger partial charge in [-0.2, -0.15) is 4.39 Å². The molecule has 1 heterocycles. The van der Waals surface area contributed by atoms with Crippen molar-refractivity contribution in [3.8, 4) is 0 Å². The number of pyridine rings is 1. The number of nitrogens with zero attached hydrogens (tertiary/aromatic N) is 1. The van der Waals surface area contributed by atoms with Gasteiger partial charge < -0.3 is 9.47 Å². The first kappa shape index (κ1) is 13.6. The van der Waals surface area contributed by atoms with Crippen LogP contribution in [0.4, 0.5) is 4.39 Å². The SMILES string of the molecule is COC(C)(C)CCOC(=O)c1cccc(F)n1. The van der Waals surface area contributed by atoms with Crippen molar-refractivity contribution in [1.82, 2.24) is 4.98 Å². The van der Waals surface area contributed by atoms with E-state index in [1.165, 1.54) is 18.2 Å². The first-order valence-electron chi connectivity index (χ1n) is 5.29. The summed E-state index contributed by atoms with van der Waals surface area (Å²) in [6, 6.07) is 4.00. The van der Waals surface area contributed by atoms with Gasteiger partial charge in [0.1, 0.15) is 0 Å². The molecule has 0 N–H and O–H groups in total. The van der Waals surface area contributed by atoms with Crippen molar-refractivity contribution in [2.45, 2.75) is 25.9 Å². The van der Waals surface area contributed by atoms with Gasteiger partial charge in [0.2, 0.25) is 5.95 Å². The van der Waals surface area contributed by atoms with E-state index in [2.05, 4.69) is 4.98 Å². The third-order valence-corrected chi connectivity index (χ3v) is 2.41. The number of rotatable bonds is 5. The number of carbonyl (C=O) groups excluding carboxylic acids is 1. The second-order valence-corrected chi connectivity index (χ2v) is 4.20. The second-order valence-electron chi connectivity index (χ2n) is 4.20. The maximum atomic E-state index is 12.8. The lowest BCUT2D eigenvalue weighted by Gasteiger charge is -2.22. The van der Waals surface area contributed by atoms with E-state index >= 15 is 0 Å². The Morgan fingerprint density at radius 3 is 2.76 bits per heavy atom. The van der Waals surface area contributed by atoms with Crippen molar-refractivity contribution in [2.75, 3.05) is 13.7 Å². The summed E-state index contributed by atoms with van der Waals surface area (Å²) in [6.07, 6.45) is 0.560. The van der Waals surface area contributed by atoms with E-state index in [1.54, 1.807) is 7.11 Å². The molecule has 0 radical (unpaired) electrons. The van der Waals surface area contributed by atoms with Crippen LogP contribution in [0.3, 0.4) is 0 Å². The molecule has 0 atom stereocenters. The van der Waals surface area contributed by atoms with Gasteiger partial charge in [0.05, 0.1) is 12.2 Å². The van der Waals surface area contributed by atoms with Crippen molar-refractivity contribution < 1.29 is 18.7 Å². The Morgan fingerprint density at radius 1 is 1.47 bits per heavy atom. The minimum Gasteiger partial charge on any atom is -0.461 e. The van der Waals surface area contributed by atoms with E-state index in [0.717, 1.165) is 0 Å². The highest BCUT2D eigenvalue weighted by atomic mass is 19.1. The summed E-state index contributed by atoms with van der Waals surface area (Å²) in [5.74, 6) is -1.33. The Bertz CT molecular complexity index is 393. The molecule has 4 nitrogen and oxygen atoms in total. The number of hydrogen-bond donors (Lipinski definition) is 0. The highest BCUT2D eigenvalue weighted by Gasteiger charge is 2.17. The van der Waals surface area contributed by atoms with Crippen LogP contribution in [0.1, 0.15) is 30.8 Å². The minimum atomic E-state index is -0.698. The summed E-state index contributed by atoms with van der Waals surface area (Å²) in [5.41, 5.74) is -0.379. The number of aromatic nitrogens is 1. The molecule has 0 saturated carbocycles. The van der Waals surface area contributed by atoms with Gasteiger partial charge in [-0.05, 0) is 26.0 Å². The fourth-order valence-corrected chi connectivity index (χ4v) is 1.09. The molecular formula is C12H16FNO3. The molecule has 94 valence electrons. The molecule has 5 heteroatoms. The topological polar surface area (TPSA) is 48.4 Å². The average Bonchev–Trinajstić information content (AvgIpc) is 2.28. The summed E-state index contributed by atoms with van der Waals surface area (Å²) in [6.45, 7) is 3.99. The maximum absolute atomic E-state index is 12.8. The van der Waals surface area contributed by atoms with Crippen molar-refractivity contribution in [3.05, 3.63) is 29.8 Å². The monoisotopic (exact) mass is 241 g/mol. The Hall–Kier alpha value is -1.49. The summed E-state index contributed by atoms with van der Waals surface area (Å²) in [5, 5.41) is 0. The summed E-state index contributed by atoms with van der Waals surface area (Å²) in [4.78, 5) is 14.9. The maximum Gasteiger partial charge on any atom is 0.357 e. The highest BCUT2D eigenvalue weighted by Crippen LogP contribution is 2.13. The fourth-order valence-electron chi connectivity index (χ4n) is 1.09. The Kier molecular flexibility index (Phi) is 4.57. The number of carbonyl (C=O) groups is 1. The molecule has 0 aliphatic rings. The van der Waals surface area contributed by atoms with E-state index in [4.69, 9.17) is 9.47 Å². The van der Waals surface area contributed by atoms with Crippen LogP contribution >= 0.6 is 0 Å². The van der Waals surface area contributed by atoms with E-state index in [1.807, 2.05) is 13.8 Å². The first-order chi connectivity index (χ1) is 7.94. The normalized spacial score (nSPS) is 11.3. The largest absolute Gasteiger partial charge is 0.461 e. The van der Waals surface area contributed by atoms with Gasteiger partial charge in [-0.25, -0.2) is 9.78 Å². The van der Waals surface area contributed by atoms with Crippen LogP contribution in [0.15, 0.2) is 18.2 Å². The predicted molar refractivity (Wildman–Crippen MR) is 60.2 cm³/mol. The van der Waals surface area contributed by atoms with Crippen molar-refractivity contribution in [1.29, 1.82) is 0 Å². The number of halogens is 1. The molecular weight excluding hydrogens is 225 g/mol. The van der Waals surface area contributed by atoms with Crippen LogP contribution in [0, 0.1) is 5.95 Å². The lowest BCUT2D eigenvalue weighted by atomic mass is 10.1. The van der Waals surface area contributed by atoms with Crippen molar-refractivity contribution in [3.63, 3.8) is 0 Å². The zero-order valence-corrected chi connectivity index (χ0v) is 10.2. The van der Waals surface area contributed by atoms with E-state index in [9.17, 15) is 9.18 Å². The van der Waals surface area contributed by atoms with E-state index < -0.39 is 11.9 Å². The molecule has 0 amide bonds. The van der Waals surface area contributed by atoms with Gasteiger partial charge in [-0.15, -0.1) is 0 Å². The minimum absolute atomic E-state index is 0.0276. The molecule has 0 aliphatic heterocycles. The second kappa shape index (κ2) is 5.72. The van der Waals surface area contributed by atoms with Gasteiger partial charge >= 0.3 is 5.97 Å². The number of methoxy groups -OCH3 is 1.